The minimum Gasteiger partial charge on any atom is -0.377 e. The summed E-state index contributed by atoms with van der Waals surface area (Å²) in [4.78, 5) is 18.7. The minimum atomic E-state index is 0.115. The average molecular weight is 346 g/mol. The van der Waals surface area contributed by atoms with Gasteiger partial charge >= 0.3 is 0 Å². The van der Waals surface area contributed by atoms with Crippen molar-refractivity contribution >= 4 is 17.7 Å². The maximum atomic E-state index is 12.5. The molecule has 0 radical (unpaired) electrons. The predicted molar refractivity (Wildman–Crippen MR) is 96.4 cm³/mol. The number of hydrogen-bond donors (Lipinski definition) is 0. The first kappa shape index (κ1) is 16.4. The molecule has 1 amide bonds. The fourth-order valence-electron chi connectivity index (χ4n) is 4.15. The van der Waals surface area contributed by atoms with E-state index in [1.54, 1.807) is 6.20 Å². The Kier molecular flexibility index (Phi) is 4.56. The van der Waals surface area contributed by atoms with Crippen LogP contribution in [-0.2, 0) is 4.74 Å². The normalized spacial score (nSPS) is 26.0. The van der Waals surface area contributed by atoms with Gasteiger partial charge in [0, 0.05) is 37.3 Å². The highest BCUT2D eigenvalue weighted by Gasteiger charge is 2.51. The van der Waals surface area contributed by atoms with Crippen molar-refractivity contribution in [3.63, 3.8) is 0 Å². The van der Waals surface area contributed by atoms with Crippen LogP contribution in [-0.4, -0.2) is 52.1 Å². The van der Waals surface area contributed by atoms with Crippen molar-refractivity contribution in [3.8, 4) is 0 Å². The van der Waals surface area contributed by atoms with E-state index in [9.17, 15) is 4.79 Å². The molecule has 0 N–H and O–H groups in total. The lowest BCUT2D eigenvalue weighted by Crippen LogP contribution is -2.60. The first-order valence-corrected chi connectivity index (χ1v) is 10.1. The van der Waals surface area contributed by atoms with Crippen molar-refractivity contribution < 1.29 is 9.53 Å². The summed E-state index contributed by atoms with van der Waals surface area (Å²) in [5.74, 6) is 1.99. The molecule has 3 aliphatic rings. The molecule has 0 aromatic carbocycles. The van der Waals surface area contributed by atoms with Crippen molar-refractivity contribution in [3.05, 3.63) is 29.6 Å². The van der Waals surface area contributed by atoms with Gasteiger partial charge in [-0.3, -0.25) is 9.78 Å². The number of rotatable bonds is 4. The predicted octanol–water partition coefficient (Wildman–Crippen LogP) is 3.30. The van der Waals surface area contributed by atoms with Gasteiger partial charge in [0.25, 0.3) is 5.91 Å². The van der Waals surface area contributed by atoms with Crippen LogP contribution < -0.4 is 0 Å². The number of aryl methyl sites for hydroxylation is 1. The Labute approximate surface area is 148 Å². The van der Waals surface area contributed by atoms with Crippen molar-refractivity contribution in [1.29, 1.82) is 0 Å². The van der Waals surface area contributed by atoms with Crippen molar-refractivity contribution in [2.75, 3.05) is 25.4 Å². The number of aromatic nitrogens is 1. The number of amides is 1. The molecule has 1 aromatic heterocycles. The van der Waals surface area contributed by atoms with Crippen LogP contribution in [0.1, 0.15) is 48.2 Å². The maximum absolute atomic E-state index is 12.5. The number of ether oxygens (including phenoxy) is 1. The molecular weight excluding hydrogens is 320 g/mol. The maximum Gasteiger partial charge on any atom is 0.255 e. The van der Waals surface area contributed by atoms with E-state index in [-0.39, 0.29) is 10.7 Å². The zero-order valence-electron chi connectivity index (χ0n) is 14.4. The molecule has 1 saturated carbocycles. The van der Waals surface area contributed by atoms with Gasteiger partial charge in [-0.05, 0) is 44.2 Å². The Hall–Kier alpha value is -1.07. The zero-order valence-corrected chi connectivity index (χ0v) is 15.2. The van der Waals surface area contributed by atoms with Gasteiger partial charge in [0.1, 0.15) is 0 Å². The Balaban J connectivity index is 1.26. The molecule has 1 aliphatic carbocycles. The number of nitrogens with zero attached hydrogens (tertiary/aromatic N) is 2. The Morgan fingerprint density at radius 2 is 2.17 bits per heavy atom. The summed E-state index contributed by atoms with van der Waals surface area (Å²) in [5, 5.41) is 0. The third-order valence-corrected chi connectivity index (χ3v) is 7.20. The average Bonchev–Trinajstić information content (AvgIpc) is 3.21. The molecule has 3 fully saturated rings. The lowest BCUT2D eigenvalue weighted by atomic mass is 9.92. The van der Waals surface area contributed by atoms with Gasteiger partial charge in [0.05, 0.1) is 16.4 Å². The van der Waals surface area contributed by atoms with Gasteiger partial charge in [-0.1, -0.05) is 12.8 Å². The molecule has 5 heteroatoms. The Morgan fingerprint density at radius 3 is 2.88 bits per heavy atom. The van der Waals surface area contributed by atoms with Crippen LogP contribution in [0.4, 0.5) is 0 Å². The van der Waals surface area contributed by atoms with Crippen LogP contribution in [0.3, 0.4) is 0 Å². The molecular formula is C19H26N2O2S. The van der Waals surface area contributed by atoms with Crippen molar-refractivity contribution in [2.24, 2.45) is 5.92 Å². The molecule has 1 atom stereocenters. The SMILES string of the molecule is Cc1ccc(C(=O)N2CC3(C[C@@H](OCC4CCCC4)CS3)C2)cn1. The molecule has 1 aromatic rings. The van der Waals surface area contributed by atoms with Gasteiger partial charge in [-0.2, -0.15) is 0 Å². The van der Waals surface area contributed by atoms with Crippen LogP contribution in [0, 0.1) is 12.8 Å². The first-order valence-electron chi connectivity index (χ1n) is 9.11. The van der Waals surface area contributed by atoms with Crippen LogP contribution in [0.5, 0.6) is 0 Å². The van der Waals surface area contributed by atoms with Crippen molar-refractivity contribution in [1.82, 2.24) is 9.88 Å². The number of hydrogen-bond acceptors (Lipinski definition) is 4. The highest BCUT2D eigenvalue weighted by molar-refractivity contribution is 8.01. The molecule has 4 rings (SSSR count). The summed E-state index contributed by atoms with van der Waals surface area (Å²) in [7, 11) is 0. The standard InChI is InChI=1S/C19H26N2O2S/c1-14-6-7-16(9-20-14)18(22)21-12-19(13-21)8-17(11-24-19)23-10-15-4-2-3-5-15/h6-7,9,15,17H,2-5,8,10-13H2,1H3/t17-/m1/s1. The number of thioether (sulfide) groups is 1. The fraction of sp³-hybridized carbons (Fsp3) is 0.684. The van der Waals surface area contributed by atoms with E-state index in [1.807, 2.05) is 35.7 Å². The van der Waals surface area contributed by atoms with Crippen LogP contribution in [0.25, 0.3) is 0 Å². The number of pyridine rings is 1. The molecule has 1 spiro atoms. The van der Waals surface area contributed by atoms with Crippen molar-refractivity contribution in [2.45, 2.75) is 49.9 Å². The van der Waals surface area contributed by atoms with Gasteiger partial charge in [0.2, 0.25) is 0 Å². The zero-order chi connectivity index (χ0) is 16.6. The molecule has 2 aliphatic heterocycles. The number of carbonyl (C=O) groups excluding carboxylic acids is 1. The second kappa shape index (κ2) is 6.68. The minimum absolute atomic E-state index is 0.115. The quantitative estimate of drug-likeness (QED) is 0.839. The first-order chi connectivity index (χ1) is 11.6. The largest absolute Gasteiger partial charge is 0.377 e. The summed E-state index contributed by atoms with van der Waals surface area (Å²) in [6.45, 7) is 4.59. The topological polar surface area (TPSA) is 42.4 Å². The molecule has 3 heterocycles. The molecule has 24 heavy (non-hydrogen) atoms. The highest BCUT2D eigenvalue weighted by atomic mass is 32.2. The van der Waals surface area contributed by atoms with E-state index < -0.39 is 0 Å². The lowest BCUT2D eigenvalue weighted by Gasteiger charge is -2.47. The molecule has 2 saturated heterocycles. The highest BCUT2D eigenvalue weighted by Crippen LogP contribution is 2.46. The number of carbonyl (C=O) groups is 1. The summed E-state index contributed by atoms with van der Waals surface area (Å²) in [6, 6.07) is 3.78. The van der Waals surface area contributed by atoms with Gasteiger partial charge in [-0.15, -0.1) is 11.8 Å². The van der Waals surface area contributed by atoms with E-state index >= 15 is 0 Å². The monoisotopic (exact) mass is 346 g/mol. The second-order valence-electron chi connectivity index (χ2n) is 7.65. The van der Waals surface area contributed by atoms with Gasteiger partial charge < -0.3 is 9.64 Å². The summed E-state index contributed by atoms with van der Waals surface area (Å²) < 4.78 is 6.42. The van der Waals surface area contributed by atoms with E-state index in [4.69, 9.17) is 4.74 Å². The molecule has 130 valence electrons. The molecule has 0 unspecified atom stereocenters. The van der Waals surface area contributed by atoms with E-state index in [0.717, 1.165) is 43.5 Å². The summed E-state index contributed by atoms with van der Waals surface area (Å²) >= 11 is 2.01. The van der Waals surface area contributed by atoms with E-state index in [2.05, 4.69) is 4.98 Å². The van der Waals surface area contributed by atoms with Crippen LogP contribution in [0.15, 0.2) is 18.3 Å². The third-order valence-electron chi connectivity index (χ3n) is 5.62. The smallest absolute Gasteiger partial charge is 0.255 e. The summed E-state index contributed by atoms with van der Waals surface area (Å²) in [6.07, 6.45) is 8.62. The lowest BCUT2D eigenvalue weighted by molar-refractivity contribution is 0.0197. The van der Waals surface area contributed by atoms with E-state index in [1.165, 1.54) is 25.7 Å². The summed E-state index contributed by atoms with van der Waals surface area (Å²) in [5.41, 5.74) is 1.65. The van der Waals surface area contributed by atoms with Gasteiger partial charge in [-0.25, -0.2) is 0 Å². The van der Waals surface area contributed by atoms with E-state index in [0.29, 0.717) is 11.7 Å². The van der Waals surface area contributed by atoms with Crippen LogP contribution in [0.2, 0.25) is 0 Å². The Morgan fingerprint density at radius 1 is 1.38 bits per heavy atom. The third kappa shape index (κ3) is 3.33. The molecule has 0 bridgehead atoms. The Bertz CT molecular complexity index is 592. The van der Waals surface area contributed by atoms with Crippen LogP contribution >= 0.6 is 11.8 Å². The fourth-order valence-corrected chi connectivity index (χ4v) is 5.70. The molecule has 4 nitrogen and oxygen atoms in total. The number of likely N-dealkylation sites (tertiary alicyclic amines) is 1. The second-order valence-corrected chi connectivity index (χ2v) is 9.14. The van der Waals surface area contributed by atoms with Gasteiger partial charge in [0.15, 0.2) is 0 Å².